The Morgan fingerprint density at radius 1 is 1.29 bits per heavy atom. The fourth-order valence-electron chi connectivity index (χ4n) is 5.34. The summed E-state index contributed by atoms with van der Waals surface area (Å²) in [6.07, 6.45) is 2.48. The number of aromatic nitrogens is 2. The van der Waals surface area contributed by atoms with Gasteiger partial charge < -0.3 is 34.9 Å². The number of carbonyl (C=O) groups is 4. The van der Waals surface area contributed by atoms with Gasteiger partial charge in [-0.3, -0.25) is 19.3 Å². The third-order valence-electron chi connectivity index (χ3n) is 7.41. The van der Waals surface area contributed by atoms with Gasteiger partial charge in [0.15, 0.2) is 18.2 Å². The van der Waals surface area contributed by atoms with E-state index < -0.39 is 6.09 Å². The molecule has 0 bridgehead atoms. The third kappa shape index (κ3) is 6.51. The molecule has 0 spiro atoms. The van der Waals surface area contributed by atoms with Crippen molar-refractivity contribution in [2.24, 2.45) is 5.92 Å². The van der Waals surface area contributed by atoms with Crippen LogP contribution in [-0.2, 0) is 32.0 Å². The Balaban J connectivity index is 0.00000113. The zero-order chi connectivity index (χ0) is 29.8. The standard InChI is InChI=1S/C26H29FN6O6.CH2O2/c1-14(34)32-10-19(11-32)38-18-6-16-4-15(5-20(16)21(27)7-18)8-28-3-2-17-12-33(26(36)39-17)22-9-29-25-24(30-22)31-23(35)13-37-25;2-1-3/h6-7,9,15,17,19,28H,2-5,8,10-13H2,1H3,(H,30,31,35);1H,(H,2,3). The molecule has 3 aliphatic heterocycles. The highest BCUT2D eigenvalue weighted by Crippen LogP contribution is 2.33. The number of ether oxygens (including phenoxy) is 3. The highest BCUT2D eigenvalue weighted by atomic mass is 19.1. The number of halogens is 1. The maximum Gasteiger partial charge on any atom is 0.415 e. The molecule has 2 aromatic rings. The summed E-state index contributed by atoms with van der Waals surface area (Å²) in [7, 11) is 0. The Bertz CT molecular complexity index is 1370. The van der Waals surface area contributed by atoms with Crippen LogP contribution in [0.1, 0.15) is 24.5 Å². The molecule has 2 atom stereocenters. The minimum absolute atomic E-state index is 0.0179. The van der Waals surface area contributed by atoms with Crippen molar-refractivity contribution in [1.29, 1.82) is 0 Å². The van der Waals surface area contributed by atoms with Gasteiger partial charge in [0, 0.05) is 13.0 Å². The van der Waals surface area contributed by atoms with Gasteiger partial charge in [-0.2, -0.15) is 0 Å². The fourth-order valence-corrected chi connectivity index (χ4v) is 5.34. The summed E-state index contributed by atoms with van der Waals surface area (Å²) >= 11 is 0. The average Bonchev–Trinajstić information content (AvgIpc) is 3.51. The number of amides is 3. The first kappa shape index (κ1) is 29.0. The van der Waals surface area contributed by atoms with Crippen LogP contribution in [0.2, 0.25) is 0 Å². The molecule has 6 rings (SSSR count). The molecule has 3 amide bonds. The third-order valence-corrected chi connectivity index (χ3v) is 7.41. The van der Waals surface area contributed by atoms with Gasteiger partial charge in [-0.1, -0.05) is 0 Å². The minimum Gasteiger partial charge on any atom is -0.487 e. The summed E-state index contributed by atoms with van der Waals surface area (Å²) < 4.78 is 31.3. The van der Waals surface area contributed by atoms with E-state index in [-0.39, 0.29) is 66.4 Å². The second kappa shape index (κ2) is 12.5. The van der Waals surface area contributed by atoms with E-state index in [1.807, 2.05) is 6.07 Å². The Morgan fingerprint density at radius 3 is 2.83 bits per heavy atom. The Labute approximate surface area is 240 Å². The molecule has 1 aromatic carbocycles. The molecule has 1 aliphatic carbocycles. The van der Waals surface area contributed by atoms with Crippen LogP contribution >= 0.6 is 0 Å². The van der Waals surface area contributed by atoms with Crippen LogP contribution in [0.25, 0.3) is 0 Å². The SMILES string of the molecule is CC(=O)N1CC(Oc2cc(F)c3c(c2)CC(CNCCC2CN(c4cnc5c(n4)NC(=O)CO5)C(=O)O2)C3)C1.O=CO. The van der Waals surface area contributed by atoms with Crippen molar-refractivity contribution < 1.29 is 42.9 Å². The van der Waals surface area contributed by atoms with E-state index in [9.17, 15) is 18.8 Å². The van der Waals surface area contributed by atoms with E-state index in [0.717, 1.165) is 17.5 Å². The molecule has 4 heterocycles. The molecule has 2 unspecified atom stereocenters. The summed E-state index contributed by atoms with van der Waals surface area (Å²) in [5.41, 5.74) is 1.70. The normalized spacial score (nSPS) is 20.7. The van der Waals surface area contributed by atoms with Crippen molar-refractivity contribution in [3.63, 3.8) is 0 Å². The van der Waals surface area contributed by atoms with E-state index >= 15 is 0 Å². The van der Waals surface area contributed by atoms with Crippen LogP contribution in [0, 0.1) is 11.7 Å². The van der Waals surface area contributed by atoms with Crippen molar-refractivity contribution in [2.45, 2.75) is 38.4 Å². The van der Waals surface area contributed by atoms with Crippen LogP contribution in [0.4, 0.5) is 20.8 Å². The highest BCUT2D eigenvalue weighted by Gasteiger charge is 2.35. The lowest BCUT2D eigenvalue weighted by Crippen LogP contribution is -2.55. The van der Waals surface area contributed by atoms with Crippen molar-refractivity contribution in [3.05, 3.63) is 35.3 Å². The van der Waals surface area contributed by atoms with E-state index in [4.69, 9.17) is 24.1 Å². The Morgan fingerprint density at radius 2 is 2.07 bits per heavy atom. The van der Waals surface area contributed by atoms with Gasteiger partial charge in [-0.25, -0.2) is 19.2 Å². The second-order valence-corrected chi connectivity index (χ2v) is 10.4. The minimum atomic E-state index is -0.520. The van der Waals surface area contributed by atoms with Crippen molar-refractivity contribution in [2.75, 3.05) is 49.5 Å². The molecule has 4 aliphatic rings. The van der Waals surface area contributed by atoms with Crippen molar-refractivity contribution >= 4 is 36.0 Å². The summed E-state index contributed by atoms with van der Waals surface area (Å²) in [5, 5.41) is 12.9. The van der Waals surface area contributed by atoms with Crippen LogP contribution in [-0.4, -0.2) is 95.9 Å². The lowest BCUT2D eigenvalue weighted by atomic mass is 10.1. The number of nitrogens with one attached hydrogen (secondary N) is 2. The number of cyclic esters (lactones) is 1. The molecule has 0 saturated carbocycles. The summed E-state index contributed by atoms with van der Waals surface area (Å²) in [5.74, 6) is 0.876. The molecular formula is C27H31FN6O8. The largest absolute Gasteiger partial charge is 0.487 e. The highest BCUT2D eigenvalue weighted by molar-refractivity contribution is 5.94. The number of likely N-dealkylation sites (tertiary alicyclic amines) is 1. The second-order valence-electron chi connectivity index (χ2n) is 10.4. The molecule has 15 heteroatoms. The molecule has 2 saturated heterocycles. The number of fused-ring (bicyclic) bond motifs is 2. The van der Waals surface area contributed by atoms with E-state index in [1.54, 1.807) is 4.90 Å². The lowest BCUT2D eigenvalue weighted by Gasteiger charge is -2.38. The number of anilines is 2. The number of carbonyl (C=O) groups excluding carboxylic acids is 3. The lowest BCUT2D eigenvalue weighted by molar-refractivity contribution is -0.137. The zero-order valence-corrected chi connectivity index (χ0v) is 22.9. The zero-order valence-electron chi connectivity index (χ0n) is 22.9. The molecule has 0 radical (unpaired) electrons. The van der Waals surface area contributed by atoms with Crippen molar-refractivity contribution in [1.82, 2.24) is 20.2 Å². The van der Waals surface area contributed by atoms with Gasteiger partial charge in [-0.05, 0) is 55.5 Å². The van der Waals surface area contributed by atoms with Crippen LogP contribution in [0.3, 0.4) is 0 Å². The topological polar surface area (TPSA) is 173 Å². The molecule has 14 nitrogen and oxygen atoms in total. The quantitative estimate of drug-likeness (QED) is 0.297. The van der Waals surface area contributed by atoms with Gasteiger partial charge in [0.25, 0.3) is 18.3 Å². The van der Waals surface area contributed by atoms with Crippen LogP contribution in [0.15, 0.2) is 18.3 Å². The number of hydrogen-bond acceptors (Lipinski definition) is 10. The molecule has 1 aromatic heterocycles. The molecule has 2 fully saturated rings. The van der Waals surface area contributed by atoms with E-state index in [0.29, 0.717) is 51.3 Å². The monoisotopic (exact) mass is 586 g/mol. The Hall–Kier alpha value is -4.53. The molecular weight excluding hydrogens is 555 g/mol. The first-order valence-corrected chi connectivity index (χ1v) is 13.5. The van der Waals surface area contributed by atoms with E-state index in [2.05, 4.69) is 20.6 Å². The average molecular weight is 587 g/mol. The summed E-state index contributed by atoms with van der Waals surface area (Å²) in [4.78, 5) is 55.2. The van der Waals surface area contributed by atoms with Gasteiger partial charge in [-0.15, -0.1) is 0 Å². The molecule has 224 valence electrons. The van der Waals surface area contributed by atoms with Gasteiger partial charge in [0.2, 0.25) is 5.91 Å². The first-order chi connectivity index (χ1) is 20.2. The van der Waals surface area contributed by atoms with Crippen LogP contribution in [0.5, 0.6) is 11.6 Å². The van der Waals surface area contributed by atoms with Gasteiger partial charge in [0.1, 0.15) is 23.8 Å². The fraction of sp³-hybridized carbons (Fsp3) is 0.481. The first-order valence-electron chi connectivity index (χ1n) is 13.5. The maximum atomic E-state index is 14.8. The van der Waals surface area contributed by atoms with Crippen LogP contribution < -0.4 is 25.0 Å². The summed E-state index contributed by atoms with van der Waals surface area (Å²) in [6, 6.07) is 3.36. The Kier molecular flexibility index (Phi) is 8.66. The molecule has 3 N–H and O–H groups in total. The number of benzene rings is 1. The smallest absolute Gasteiger partial charge is 0.415 e. The van der Waals surface area contributed by atoms with E-state index in [1.165, 1.54) is 24.1 Å². The number of rotatable bonds is 8. The number of carboxylic acid groups (broad SMARTS) is 1. The van der Waals surface area contributed by atoms with Gasteiger partial charge in [0.05, 0.1) is 25.8 Å². The number of hydrogen-bond donors (Lipinski definition) is 3. The number of nitrogens with zero attached hydrogens (tertiary/aromatic N) is 4. The van der Waals surface area contributed by atoms with Crippen molar-refractivity contribution in [3.8, 4) is 11.6 Å². The summed E-state index contributed by atoms with van der Waals surface area (Å²) in [6.45, 7) is 3.87. The van der Waals surface area contributed by atoms with Gasteiger partial charge >= 0.3 is 6.09 Å². The predicted molar refractivity (Wildman–Crippen MR) is 144 cm³/mol. The predicted octanol–water partition coefficient (Wildman–Crippen LogP) is 0.977. The molecule has 42 heavy (non-hydrogen) atoms. The maximum absolute atomic E-state index is 14.8.